The van der Waals surface area contributed by atoms with E-state index in [-0.39, 0.29) is 10.7 Å². The van der Waals surface area contributed by atoms with Crippen LogP contribution in [0.1, 0.15) is 24.7 Å². The Kier molecular flexibility index (Phi) is 5.88. The molecule has 27 heavy (non-hydrogen) atoms. The summed E-state index contributed by atoms with van der Waals surface area (Å²) in [6.07, 6.45) is 1.88. The van der Waals surface area contributed by atoms with Crippen LogP contribution >= 0.6 is 39.9 Å². The molecule has 3 rings (SSSR count). The van der Waals surface area contributed by atoms with Crippen LogP contribution < -0.4 is 0 Å². The van der Waals surface area contributed by atoms with E-state index >= 15 is 0 Å². The van der Waals surface area contributed by atoms with Gasteiger partial charge in [-0.15, -0.1) is 0 Å². The van der Waals surface area contributed by atoms with Crippen LogP contribution in [-0.2, 0) is 9.59 Å². The molecule has 1 amide bonds. The van der Waals surface area contributed by atoms with E-state index in [4.69, 9.17) is 16.6 Å². The first kappa shape index (κ1) is 19.9. The molecule has 1 atom stereocenters. The van der Waals surface area contributed by atoms with Crippen molar-refractivity contribution in [1.82, 2.24) is 4.90 Å². The second-order valence-corrected chi connectivity index (χ2v) is 8.53. The van der Waals surface area contributed by atoms with E-state index in [0.29, 0.717) is 16.4 Å². The van der Waals surface area contributed by atoms with Crippen molar-refractivity contribution in [3.8, 4) is 11.3 Å². The highest BCUT2D eigenvalue weighted by molar-refractivity contribution is 9.10. The Hall–Kier alpha value is -1.90. The fourth-order valence-electron chi connectivity index (χ4n) is 2.74. The van der Waals surface area contributed by atoms with Gasteiger partial charge in [-0.25, -0.2) is 4.79 Å². The van der Waals surface area contributed by atoms with Crippen molar-refractivity contribution < 1.29 is 19.1 Å². The SMILES string of the molecule is CCC(C(=O)O)N1C(=O)C(=Cc2ccc(-c3ccc(C)cc3Br)o2)SC1=S. The molecule has 0 spiro atoms. The molecule has 1 aromatic heterocycles. The number of aryl methyl sites for hydroxylation is 1. The van der Waals surface area contributed by atoms with Gasteiger partial charge in [0, 0.05) is 16.1 Å². The quantitative estimate of drug-likeness (QED) is 0.490. The van der Waals surface area contributed by atoms with Crippen LogP contribution in [0.15, 0.2) is 44.1 Å². The summed E-state index contributed by atoms with van der Waals surface area (Å²) in [6, 6.07) is 8.58. The van der Waals surface area contributed by atoms with Gasteiger partial charge in [-0.05, 0) is 43.2 Å². The number of halogens is 1. The highest BCUT2D eigenvalue weighted by Gasteiger charge is 2.39. The van der Waals surface area contributed by atoms with Crippen molar-refractivity contribution in [2.45, 2.75) is 26.3 Å². The van der Waals surface area contributed by atoms with Gasteiger partial charge >= 0.3 is 5.97 Å². The lowest BCUT2D eigenvalue weighted by molar-refractivity contribution is -0.145. The number of amides is 1. The lowest BCUT2D eigenvalue weighted by atomic mass is 10.1. The molecule has 1 fully saturated rings. The normalized spacial score (nSPS) is 17.0. The standard InChI is InChI=1S/C19H16BrNO4S2/c1-3-14(18(23)24)21-17(22)16(27-19(21)26)9-11-5-7-15(25-11)12-6-4-10(2)8-13(12)20/h4-9,14H,3H2,1-2H3,(H,23,24). The van der Waals surface area contributed by atoms with Crippen molar-refractivity contribution in [3.05, 3.63) is 51.0 Å². The van der Waals surface area contributed by atoms with Crippen LogP contribution in [0.3, 0.4) is 0 Å². The third-order valence-corrected chi connectivity index (χ3v) is 6.08. The van der Waals surface area contributed by atoms with Gasteiger partial charge < -0.3 is 9.52 Å². The molecule has 0 radical (unpaired) electrons. The maximum Gasteiger partial charge on any atom is 0.326 e. The number of hydrogen-bond acceptors (Lipinski definition) is 5. The number of carbonyl (C=O) groups excluding carboxylic acids is 1. The van der Waals surface area contributed by atoms with E-state index in [0.717, 1.165) is 32.3 Å². The largest absolute Gasteiger partial charge is 0.480 e. The Bertz CT molecular complexity index is 966. The summed E-state index contributed by atoms with van der Waals surface area (Å²) in [6.45, 7) is 3.71. The number of furan rings is 1. The summed E-state index contributed by atoms with van der Waals surface area (Å²) in [5.41, 5.74) is 2.04. The highest BCUT2D eigenvalue weighted by atomic mass is 79.9. The molecule has 140 valence electrons. The van der Waals surface area contributed by atoms with Crippen molar-refractivity contribution in [1.29, 1.82) is 0 Å². The van der Waals surface area contributed by atoms with Gasteiger partial charge in [-0.1, -0.05) is 52.9 Å². The zero-order valence-corrected chi connectivity index (χ0v) is 17.8. The van der Waals surface area contributed by atoms with E-state index in [2.05, 4.69) is 15.9 Å². The van der Waals surface area contributed by atoms with Gasteiger partial charge in [0.05, 0.1) is 4.91 Å². The first-order valence-electron chi connectivity index (χ1n) is 8.18. The second-order valence-electron chi connectivity index (χ2n) is 6.00. The minimum absolute atomic E-state index is 0.244. The predicted molar refractivity (Wildman–Crippen MR) is 113 cm³/mol. The number of aliphatic carboxylic acids is 1. The molecular formula is C19H16BrNO4S2. The highest BCUT2D eigenvalue weighted by Crippen LogP contribution is 2.36. The molecule has 1 aliphatic rings. The van der Waals surface area contributed by atoms with E-state index in [1.807, 2.05) is 31.2 Å². The summed E-state index contributed by atoms with van der Waals surface area (Å²) in [7, 11) is 0. The molecule has 2 heterocycles. The van der Waals surface area contributed by atoms with Crippen LogP contribution in [-0.4, -0.2) is 32.2 Å². The van der Waals surface area contributed by atoms with Crippen molar-refractivity contribution >= 4 is 62.2 Å². The van der Waals surface area contributed by atoms with Crippen LogP contribution in [0.2, 0.25) is 0 Å². The number of carboxylic acids is 1. The van der Waals surface area contributed by atoms with Crippen LogP contribution in [0.25, 0.3) is 17.4 Å². The van der Waals surface area contributed by atoms with Crippen LogP contribution in [0.5, 0.6) is 0 Å². The Balaban J connectivity index is 1.88. The molecule has 0 aliphatic carbocycles. The van der Waals surface area contributed by atoms with Gasteiger partial charge in [0.1, 0.15) is 21.9 Å². The van der Waals surface area contributed by atoms with Gasteiger partial charge in [0.15, 0.2) is 0 Å². The van der Waals surface area contributed by atoms with Crippen molar-refractivity contribution in [3.63, 3.8) is 0 Å². The molecule has 5 nitrogen and oxygen atoms in total. The number of carboxylic acid groups (broad SMARTS) is 1. The fourth-order valence-corrected chi connectivity index (χ4v) is 4.77. The third kappa shape index (κ3) is 4.02. The number of benzene rings is 1. The van der Waals surface area contributed by atoms with Crippen molar-refractivity contribution in [2.24, 2.45) is 0 Å². The zero-order valence-electron chi connectivity index (χ0n) is 14.6. The Morgan fingerprint density at radius 3 is 2.78 bits per heavy atom. The summed E-state index contributed by atoms with van der Waals surface area (Å²) >= 11 is 9.83. The van der Waals surface area contributed by atoms with Crippen LogP contribution in [0.4, 0.5) is 0 Å². The zero-order chi connectivity index (χ0) is 19.7. The Labute approximate surface area is 174 Å². The number of thiocarbonyl (C=S) groups is 1. The van der Waals surface area contributed by atoms with Crippen LogP contribution in [0, 0.1) is 6.92 Å². The van der Waals surface area contributed by atoms with E-state index in [9.17, 15) is 14.7 Å². The fraction of sp³-hybridized carbons (Fsp3) is 0.211. The summed E-state index contributed by atoms with van der Waals surface area (Å²) in [4.78, 5) is 25.5. The topological polar surface area (TPSA) is 70.8 Å². The van der Waals surface area contributed by atoms with Crippen molar-refractivity contribution in [2.75, 3.05) is 0 Å². The molecule has 2 aromatic rings. The number of carbonyl (C=O) groups is 2. The molecule has 1 aromatic carbocycles. The lowest BCUT2D eigenvalue weighted by Gasteiger charge is -2.21. The number of thioether (sulfide) groups is 1. The molecule has 1 saturated heterocycles. The third-order valence-electron chi connectivity index (χ3n) is 4.10. The van der Waals surface area contributed by atoms with Gasteiger partial charge in [0.25, 0.3) is 5.91 Å². The minimum Gasteiger partial charge on any atom is -0.480 e. The summed E-state index contributed by atoms with van der Waals surface area (Å²) in [5.74, 6) is -0.310. The Morgan fingerprint density at radius 2 is 2.15 bits per heavy atom. The molecular weight excluding hydrogens is 450 g/mol. The van der Waals surface area contributed by atoms with Gasteiger partial charge in [-0.3, -0.25) is 9.69 Å². The first-order chi connectivity index (χ1) is 12.8. The lowest BCUT2D eigenvalue weighted by Crippen LogP contribution is -2.43. The van der Waals surface area contributed by atoms with E-state index in [1.54, 1.807) is 19.1 Å². The molecule has 0 bridgehead atoms. The number of hydrogen-bond donors (Lipinski definition) is 1. The van der Waals surface area contributed by atoms with Gasteiger partial charge in [-0.2, -0.15) is 0 Å². The minimum atomic E-state index is -1.07. The molecule has 1 N–H and O–H groups in total. The van der Waals surface area contributed by atoms with E-state index < -0.39 is 17.9 Å². The number of rotatable bonds is 5. The van der Waals surface area contributed by atoms with Gasteiger partial charge in [0.2, 0.25) is 0 Å². The summed E-state index contributed by atoms with van der Waals surface area (Å²) in [5, 5.41) is 9.31. The predicted octanol–water partition coefficient (Wildman–Crippen LogP) is 5.08. The maximum absolute atomic E-state index is 12.6. The average Bonchev–Trinajstić information content (AvgIpc) is 3.15. The average molecular weight is 466 g/mol. The Morgan fingerprint density at radius 1 is 1.41 bits per heavy atom. The molecule has 8 heteroatoms. The van der Waals surface area contributed by atoms with E-state index in [1.165, 1.54) is 0 Å². The smallest absolute Gasteiger partial charge is 0.326 e. The second kappa shape index (κ2) is 8.00. The number of nitrogens with zero attached hydrogens (tertiary/aromatic N) is 1. The summed E-state index contributed by atoms with van der Waals surface area (Å²) < 4.78 is 7.02. The monoisotopic (exact) mass is 465 g/mol. The maximum atomic E-state index is 12.6. The molecule has 1 unspecified atom stereocenters. The first-order valence-corrected chi connectivity index (χ1v) is 10.2. The molecule has 1 aliphatic heterocycles. The molecule has 0 saturated carbocycles.